The highest BCUT2D eigenvalue weighted by atomic mass is 16.5. The summed E-state index contributed by atoms with van der Waals surface area (Å²) in [6.45, 7) is 2.88. The minimum Gasteiger partial charge on any atom is -0.380 e. The van der Waals surface area contributed by atoms with Crippen LogP contribution in [-0.4, -0.2) is 18.8 Å². The Labute approximate surface area is 89.7 Å². The van der Waals surface area contributed by atoms with Crippen LogP contribution in [0.25, 0.3) is 0 Å². The molecule has 15 heavy (non-hydrogen) atoms. The Morgan fingerprint density at radius 1 is 1.53 bits per heavy atom. The van der Waals surface area contributed by atoms with Crippen LogP contribution in [0.4, 0.5) is 5.69 Å². The Hall–Kier alpha value is -1.53. The summed E-state index contributed by atoms with van der Waals surface area (Å²) in [6, 6.07) is 10.0. The van der Waals surface area contributed by atoms with E-state index in [4.69, 9.17) is 10.00 Å². The molecule has 1 heterocycles. The topological polar surface area (TPSA) is 45.0 Å². The molecular weight excluding hydrogens is 188 g/mol. The van der Waals surface area contributed by atoms with Gasteiger partial charge in [0.15, 0.2) is 0 Å². The Balaban J connectivity index is 2.07. The minimum absolute atomic E-state index is 0.246. The normalized spacial score (nSPS) is 24.8. The summed E-state index contributed by atoms with van der Waals surface area (Å²) in [7, 11) is 0. The van der Waals surface area contributed by atoms with Crippen molar-refractivity contribution >= 4 is 5.69 Å². The number of nitrogens with one attached hydrogen (secondary N) is 1. The van der Waals surface area contributed by atoms with Crippen molar-refractivity contribution in [2.75, 3.05) is 11.9 Å². The van der Waals surface area contributed by atoms with Gasteiger partial charge in [-0.3, -0.25) is 0 Å². The van der Waals surface area contributed by atoms with Crippen molar-refractivity contribution in [2.24, 2.45) is 0 Å². The monoisotopic (exact) mass is 202 g/mol. The van der Waals surface area contributed by atoms with Crippen LogP contribution in [0.3, 0.4) is 0 Å². The van der Waals surface area contributed by atoms with E-state index >= 15 is 0 Å². The Bertz CT molecular complexity index is 383. The van der Waals surface area contributed by atoms with Gasteiger partial charge in [0.25, 0.3) is 0 Å². The first-order chi connectivity index (χ1) is 7.29. The van der Waals surface area contributed by atoms with Crippen LogP contribution in [0.1, 0.15) is 18.9 Å². The number of nitrogens with zero attached hydrogens (tertiary/aromatic N) is 1. The van der Waals surface area contributed by atoms with Gasteiger partial charge in [0.05, 0.1) is 23.8 Å². The van der Waals surface area contributed by atoms with Crippen molar-refractivity contribution in [3.8, 4) is 6.07 Å². The minimum atomic E-state index is 0.246. The van der Waals surface area contributed by atoms with Gasteiger partial charge in [-0.2, -0.15) is 5.26 Å². The first-order valence-corrected chi connectivity index (χ1v) is 5.18. The smallest absolute Gasteiger partial charge is 0.0992 e. The second-order valence-electron chi connectivity index (χ2n) is 3.81. The summed E-state index contributed by atoms with van der Waals surface area (Å²) in [6.07, 6.45) is 1.27. The zero-order chi connectivity index (χ0) is 10.7. The lowest BCUT2D eigenvalue weighted by Crippen LogP contribution is -2.26. The van der Waals surface area contributed by atoms with Crippen molar-refractivity contribution in [3.63, 3.8) is 0 Å². The number of nitriles is 1. The molecule has 3 heteroatoms. The molecule has 78 valence electrons. The molecular formula is C12H14N2O. The van der Waals surface area contributed by atoms with Gasteiger partial charge in [-0.05, 0) is 31.5 Å². The molecule has 0 amide bonds. The van der Waals surface area contributed by atoms with E-state index in [1.54, 1.807) is 6.07 Å². The van der Waals surface area contributed by atoms with E-state index in [9.17, 15) is 0 Å². The first kappa shape index (κ1) is 10.0. The highest BCUT2D eigenvalue weighted by molar-refractivity contribution is 5.50. The molecule has 0 aliphatic carbocycles. The van der Waals surface area contributed by atoms with Crippen LogP contribution in [0.2, 0.25) is 0 Å². The standard InChI is InChI=1S/C12H14N2O/c1-9-12(5-6-15-9)14-11-4-2-3-10(7-11)8-13/h2-4,7,9,12,14H,5-6H2,1H3. The molecule has 2 atom stereocenters. The highest BCUT2D eigenvalue weighted by Crippen LogP contribution is 2.19. The van der Waals surface area contributed by atoms with E-state index in [0.717, 1.165) is 18.7 Å². The summed E-state index contributed by atoms with van der Waals surface area (Å²) < 4.78 is 5.47. The van der Waals surface area contributed by atoms with Crippen molar-refractivity contribution < 1.29 is 4.74 Å². The van der Waals surface area contributed by atoms with Gasteiger partial charge in [0.1, 0.15) is 0 Å². The van der Waals surface area contributed by atoms with E-state index in [2.05, 4.69) is 18.3 Å². The van der Waals surface area contributed by atoms with Crippen molar-refractivity contribution in [1.29, 1.82) is 5.26 Å². The Kier molecular flexibility index (Phi) is 2.89. The molecule has 1 aliphatic rings. The maximum Gasteiger partial charge on any atom is 0.0992 e. The molecule has 1 saturated heterocycles. The fraction of sp³-hybridized carbons (Fsp3) is 0.417. The van der Waals surface area contributed by atoms with Gasteiger partial charge in [-0.1, -0.05) is 6.07 Å². The number of hydrogen-bond acceptors (Lipinski definition) is 3. The second-order valence-corrected chi connectivity index (χ2v) is 3.81. The van der Waals surface area contributed by atoms with E-state index in [1.165, 1.54) is 0 Å². The summed E-state index contributed by atoms with van der Waals surface area (Å²) in [5.74, 6) is 0. The fourth-order valence-electron chi connectivity index (χ4n) is 1.81. The van der Waals surface area contributed by atoms with E-state index in [1.807, 2.05) is 18.2 Å². The third-order valence-corrected chi connectivity index (χ3v) is 2.72. The third-order valence-electron chi connectivity index (χ3n) is 2.72. The maximum atomic E-state index is 8.77. The molecule has 2 unspecified atom stereocenters. The predicted octanol–water partition coefficient (Wildman–Crippen LogP) is 2.15. The van der Waals surface area contributed by atoms with E-state index < -0.39 is 0 Å². The SMILES string of the molecule is CC1OCCC1Nc1cccc(C#N)c1. The highest BCUT2D eigenvalue weighted by Gasteiger charge is 2.23. The molecule has 0 aromatic heterocycles. The zero-order valence-electron chi connectivity index (χ0n) is 8.73. The van der Waals surface area contributed by atoms with Crippen LogP contribution in [0.15, 0.2) is 24.3 Å². The number of hydrogen-bond donors (Lipinski definition) is 1. The average molecular weight is 202 g/mol. The molecule has 2 rings (SSSR count). The summed E-state index contributed by atoms with van der Waals surface area (Å²) in [5, 5.41) is 12.2. The quantitative estimate of drug-likeness (QED) is 0.799. The fourth-order valence-corrected chi connectivity index (χ4v) is 1.81. The van der Waals surface area contributed by atoms with E-state index in [-0.39, 0.29) is 6.10 Å². The molecule has 0 bridgehead atoms. The Morgan fingerprint density at radius 2 is 2.40 bits per heavy atom. The largest absolute Gasteiger partial charge is 0.380 e. The Morgan fingerprint density at radius 3 is 3.07 bits per heavy atom. The molecule has 1 N–H and O–H groups in total. The molecule has 1 aliphatic heterocycles. The molecule has 0 radical (unpaired) electrons. The molecule has 1 fully saturated rings. The van der Waals surface area contributed by atoms with Gasteiger partial charge in [-0.25, -0.2) is 0 Å². The maximum absolute atomic E-state index is 8.77. The van der Waals surface area contributed by atoms with Gasteiger partial charge in [0.2, 0.25) is 0 Å². The number of rotatable bonds is 2. The lowest BCUT2D eigenvalue weighted by molar-refractivity contribution is 0.121. The number of anilines is 1. The van der Waals surface area contributed by atoms with Gasteiger partial charge >= 0.3 is 0 Å². The first-order valence-electron chi connectivity index (χ1n) is 5.18. The zero-order valence-corrected chi connectivity index (χ0v) is 8.73. The van der Waals surface area contributed by atoms with Gasteiger partial charge in [0, 0.05) is 12.3 Å². The van der Waals surface area contributed by atoms with Crippen LogP contribution in [-0.2, 0) is 4.74 Å². The summed E-state index contributed by atoms with van der Waals surface area (Å²) in [4.78, 5) is 0. The van der Waals surface area contributed by atoms with Crippen LogP contribution >= 0.6 is 0 Å². The third kappa shape index (κ3) is 2.28. The summed E-state index contributed by atoms with van der Waals surface area (Å²) in [5.41, 5.74) is 1.68. The second kappa shape index (κ2) is 4.33. The van der Waals surface area contributed by atoms with Crippen LogP contribution in [0, 0.1) is 11.3 Å². The van der Waals surface area contributed by atoms with Crippen molar-refractivity contribution in [3.05, 3.63) is 29.8 Å². The summed E-state index contributed by atoms with van der Waals surface area (Å²) >= 11 is 0. The van der Waals surface area contributed by atoms with Gasteiger partial charge < -0.3 is 10.1 Å². The van der Waals surface area contributed by atoms with Crippen LogP contribution < -0.4 is 5.32 Å². The number of ether oxygens (including phenoxy) is 1. The van der Waals surface area contributed by atoms with E-state index in [0.29, 0.717) is 11.6 Å². The molecule has 1 aromatic rings. The molecule has 3 nitrogen and oxygen atoms in total. The molecule has 0 saturated carbocycles. The van der Waals surface area contributed by atoms with Crippen molar-refractivity contribution in [2.45, 2.75) is 25.5 Å². The number of benzene rings is 1. The van der Waals surface area contributed by atoms with Crippen molar-refractivity contribution in [1.82, 2.24) is 0 Å². The van der Waals surface area contributed by atoms with Crippen LogP contribution in [0.5, 0.6) is 0 Å². The predicted molar refractivity (Wildman–Crippen MR) is 58.6 cm³/mol. The van der Waals surface area contributed by atoms with Gasteiger partial charge in [-0.15, -0.1) is 0 Å². The molecule has 1 aromatic carbocycles. The lowest BCUT2D eigenvalue weighted by atomic mass is 10.1. The lowest BCUT2D eigenvalue weighted by Gasteiger charge is -2.17. The average Bonchev–Trinajstić information content (AvgIpc) is 2.65. The molecule has 0 spiro atoms.